The van der Waals surface area contributed by atoms with E-state index in [1.165, 1.54) is 0 Å². The minimum absolute atomic E-state index is 0.386. The van der Waals surface area contributed by atoms with Gasteiger partial charge in [0.05, 0.1) is 0 Å². The molecule has 0 N–H and O–H groups in total. The summed E-state index contributed by atoms with van der Waals surface area (Å²) in [6, 6.07) is -3.51. The quantitative estimate of drug-likeness (QED) is 0.734. The molecule has 1 aromatic heterocycles. The van der Waals surface area contributed by atoms with E-state index in [9.17, 15) is 35.1 Å². The summed E-state index contributed by atoms with van der Waals surface area (Å²) in [5.74, 6) is -12.4. The lowest BCUT2D eigenvalue weighted by atomic mass is 10.1. The molecule has 1 rings (SSSR count). The third-order valence-electron chi connectivity index (χ3n) is 2.62. The molecule has 0 saturated heterocycles. The molecule has 0 unspecified atom stereocenters. The van der Waals surface area contributed by atoms with Gasteiger partial charge in [0, 0.05) is 11.4 Å². The highest BCUT2D eigenvalue weighted by molar-refractivity contribution is 5.17. The fraction of sp³-hybridized carbons (Fsp3) is 0.600. The predicted molar refractivity (Wildman–Crippen MR) is 50.0 cm³/mol. The van der Waals surface area contributed by atoms with Crippen molar-refractivity contribution in [3.05, 3.63) is 23.5 Å². The second kappa shape index (κ2) is 4.38. The average Bonchev–Trinajstić information content (AvgIpc) is 2.57. The lowest BCUT2D eigenvalue weighted by Gasteiger charge is -2.34. The highest BCUT2D eigenvalue weighted by Gasteiger charge is 2.76. The van der Waals surface area contributed by atoms with E-state index in [1.54, 1.807) is 0 Å². The predicted octanol–water partition coefficient (Wildman–Crippen LogP) is 4.19. The zero-order chi connectivity index (χ0) is 15.2. The molecule has 0 radical (unpaired) electrons. The molecule has 0 aromatic carbocycles. The van der Waals surface area contributed by atoms with E-state index in [-0.39, 0.29) is 4.57 Å². The Morgan fingerprint density at radius 3 is 1.58 bits per heavy atom. The highest BCUT2D eigenvalue weighted by Crippen LogP contribution is 2.51. The molecule has 0 atom stereocenters. The third-order valence-corrected chi connectivity index (χ3v) is 2.62. The van der Waals surface area contributed by atoms with E-state index < -0.39 is 35.7 Å². The summed E-state index contributed by atoms with van der Waals surface area (Å²) < 4.78 is 102. The molecule has 0 fully saturated rings. The van der Waals surface area contributed by atoms with E-state index in [0.717, 1.165) is 26.0 Å². The zero-order valence-electron chi connectivity index (χ0n) is 9.70. The number of rotatable bonds is 4. The molecular weight excluding hydrogens is 286 g/mol. The monoisotopic (exact) mass is 295 g/mol. The van der Waals surface area contributed by atoms with Crippen LogP contribution in [-0.2, 0) is 6.05 Å². The molecule has 0 aliphatic heterocycles. The standard InChI is InChI=1S/C10H9F8N/c1-5-3-4-6(2)19(5)10(17,18)9(15,16)8(13,14)7(11)12/h3-4,7H,1-2H3. The Morgan fingerprint density at radius 1 is 0.895 bits per heavy atom. The first-order valence-electron chi connectivity index (χ1n) is 4.94. The average molecular weight is 295 g/mol. The number of hydrogen-bond acceptors (Lipinski definition) is 0. The van der Waals surface area contributed by atoms with Gasteiger partial charge in [-0.3, -0.25) is 4.57 Å². The van der Waals surface area contributed by atoms with Crippen molar-refractivity contribution in [3.63, 3.8) is 0 Å². The molecule has 110 valence electrons. The van der Waals surface area contributed by atoms with E-state index in [2.05, 4.69) is 0 Å². The van der Waals surface area contributed by atoms with Crippen LogP contribution in [0.4, 0.5) is 35.1 Å². The van der Waals surface area contributed by atoms with Crippen LogP contribution in [-0.4, -0.2) is 22.8 Å². The number of hydrogen-bond donors (Lipinski definition) is 0. The van der Waals surface area contributed by atoms with Crippen molar-refractivity contribution in [2.75, 3.05) is 0 Å². The van der Waals surface area contributed by atoms with Crippen LogP contribution in [0.5, 0.6) is 0 Å². The summed E-state index contributed by atoms with van der Waals surface area (Å²) in [5, 5.41) is 0. The van der Waals surface area contributed by atoms with Crippen LogP contribution in [0.1, 0.15) is 11.4 Å². The Balaban J connectivity index is 3.42. The second-order valence-electron chi connectivity index (χ2n) is 3.99. The maximum absolute atomic E-state index is 13.5. The number of nitrogens with zero attached hydrogens (tertiary/aromatic N) is 1. The number of aromatic nitrogens is 1. The van der Waals surface area contributed by atoms with Crippen LogP contribution in [0.2, 0.25) is 0 Å². The SMILES string of the molecule is Cc1ccc(C)n1C(F)(F)C(F)(F)C(F)(F)C(F)F. The molecule has 1 aromatic rings. The van der Waals surface area contributed by atoms with E-state index in [4.69, 9.17) is 0 Å². The summed E-state index contributed by atoms with van der Waals surface area (Å²) >= 11 is 0. The van der Waals surface area contributed by atoms with Crippen LogP contribution in [0.25, 0.3) is 0 Å². The molecule has 0 aliphatic rings. The van der Waals surface area contributed by atoms with Crippen LogP contribution in [0, 0.1) is 13.8 Å². The van der Waals surface area contributed by atoms with Gasteiger partial charge in [0.15, 0.2) is 0 Å². The first kappa shape index (κ1) is 15.8. The smallest absolute Gasteiger partial charge is 0.285 e. The fourth-order valence-electron chi connectivity index (χ4n) is 1.59. The van der Waals surface area contributed by atoms with Gasteiger partial charge in [-0.15, -0.1) is 0 Å². The summed E-state index contributed by atoms with van der Waals surface area (Å²) in [6.45, 7) is 1.94. The summed E-state index contributed by atoms with van der Waals surface area (Å²) in [5.41, 5.74) is -0.903. The molecule has 0 amide bonds. The number of alkyl halides is 8. The van der Waals surface area contributed by atoms with Crippen molar-refractivity contribution in [1.29, 1.82) is 0 Å². The van der Waals surface area contributed by atoms with Crippen molar-refractivity contribution in [2.24, 2.45) is 0 Å². The largest absolute Gasteiger partial charge is 0.398 e. The molecular formula is C10H9F8N. The minimum Gasteiger partial charge on any atom is -0.285 e. The van der Waals surface area contributed by atoms with E-state index in [0.29, 0.717) is 0 Å². The molecule has 9 heteroatoms. The Kier molecular flexibility index (Phi) is 3.64. The van der Waals surface area contributed by atoms with Gasteiger partial charge in [0.1, 0.15) is 0 Å². The Labute approximate surface area is 102 Å². The van der Waals surface area contributed by atoms with E-state index >= 15 is 0 Å². The van der Waals surface area contributed by atoms with Crippen molar-refractivity contribution < 1.29 is 35.1 Å². The van der Waals surface area contributed by atoms with Gasteiger partial charge >= 0.3 is 24.3 Å². The topological polar surface area (TPSA) is 4.93 Å². The summed E-state index contributed by atoms with van der Waals surface area (Å²) in [7, 11) is 0. The van der Waals surface area contributed by atoms with E-state index in [1.807, 2.05) is 0 Å². The summed E-state index contributed by atoms with van der Waals surface area (Å²) in [6.07, 6.45) is -4.91. The molecule has 1 nitrogen and oxygen atoms in total. The lowest BCUT2D eigenvalue weighted by molar-refractivity contribution is -0.366. The van der Waals surface area contributed by atoms with Gasteiger partial charge in [0.2, 0.25) is 0 Å². The summed E-state index contributed by atoms with van der Waals surface area (Å²) in [4.78, 5) is 0. The van der Waals surface area contributed by atoms with Crippen molar-refractivity contribution in [1.82, 2.24) is 4.57 Å². The third kappa shape index (κ3) is 2.08. The van der Waals surface area contributed by atoms with Crippen LogP contribution < -0.4 is 0 Å². The van der Waals surface area contributed by atoms with Crippen molar-refractivity contribution in [2.45, 2.75) is 38.2 Å². The van der Waals surface area contributed by atoms with Gasteiger partial charge in [-0.2, -0.15) is 26.3 Å². The normalized spacial score (nSPS) is 14.3. The first-order valence-corrected chi connectivity index (χ1v) is 4.94. The second-order valence-corrected chi connectivity index (χ2v) is 3.99. The maximum atomic E-state index is 13.5. The highest BCUT2D eigenvalue weighted by atomic mass is 19.4. The van der Waals surface area contributed by atoms with Gasteiger partial charge in [-0.05, 0) is 26.0 Å². The Hall–Kier alpha value is -1.28. The molecule has 1 heterocycles. The van der Waals surface area contributed by atoms with Gasteiger partial charge in [-0.25, -0.2) is 8.78 Å². The van der Waals surface area contributed by atoms with Gasteiger partial charge in [-0.1, -0.05) is 0 Å². The van der Waals surface area contributed by atoms with Gasteiger partial charge < -0.3 is 0 Å². The number of aryl methyl sites for hydroxylation is 2. The van der Waals surface area contributed by atoms with Crippen molar-refractivity contribution >= 4 is 0 Å². The molecule has 0 bridgehead atoms. The number of halogens is 8. The molecule has 0 spiro atoms. The molecule has 0 aliphatic carbocycles. The van der Waals surface area contributed by atoms with Crippen LogP contribution >= 0.6 is 0 Å². The van der Waals surface area contributed by atoms with Crippen LogP contribution in [0.15, 0.2) is 12.1 Å². The van der Waals surface area contributed by atoms with Crippen molar-refractivity contribution in [3.8, 4) is 0 Å². The zero-order valence-corrected chi connectivity index (χ0v) is 9.70. The molecule has 0 saturated carbocycles. The fourth-order valence-corrected chi connectivity index (χ4v) is 1.59. The molecule has 19 heavy (non-hydrogen) atoms. The first-order chi connectivity index (χ1) is 8.37. The maximum Gasteiger partial charge on any atom is 0.398 e. The lowest BCUT2D eigenvalue weighted by Crippen LogP contribution is -2.58. The Morgan fingerprint density at radius 2 is 1.26 bits per heavy atom. The van der Waals surface area contributed by atoms with Crippen LogP contribution in [0.3, 0.4) is 0 Å². The minimum atomic E-state index is -6.23. The van der Waals surface area contributed by atoms with Gasteiger partial charge in [0.25, 0.3) is 0 Å². The Bertz CT molecular complexity index is 443.